The van der Waals surface area contributed by atoms with Crippen molar-refractivity contribution < 1.29 is 4.74 Å². The Morgan fingerprint density at radius 2 is 2.14 bits per heavy atom. The third-order valence-corrected chi connectivity index (χ3v) is 5.29. The lowest BCUT2D eigenvalue weighted by atomic mass is 9.91. The number of hydrogen-bond donors (Lipinski definition) is 1. The third kappa shape index (κ3) is 3.24. The van der Waals surface area contributed by atoms with Gasteiger partial charge in [-0.2, -0.15) is 0 Å². The average molecular weight is 288 g/mol. The fraction of sp³-hybridized carbons (Fsp3) is 0.667. The molecule has 0 bridgehead atoms. The second-order valence-electron chi connectivity index (χ2n) is 6.69. The number of hydrogen-bond acceptors (Lipinski definition) is 3. The Balaban J connectivity index is 1.73. The van der Waals surface area contributed by atoms with Gasteiger partial charge in [-0.3, -0.25) is 4.90 Å². The molecule has 1 saturated heterocycles. The van der Waals surface area contributed by atoms with E-state index in [4.69, 9.17) is 4.74 Å². The van der Waals surface area contributed by atoms with E-state index in [1.807, 2.05) is 6.07 Å². The Labute approximate surface area is 128 Å². The highest BCUT2D eigenvalue weighted by Gasteiger charge is 2.40. The predicted molar refractivity (Wildman–Crippen MR) is 86.7 cm³/mol. The van der Waals surface area contributed by atoms with E-state index in [9.17, 15) is 0 Å². The van der Waals surface area contributed by atoms with Crippen LogP contribution in [0.3, 0.4) is 0 Å². The monoisotopic (exact) mass is 288 g/mol. The standard InChI is InChI=1S/C18H28N2O/c1-3-16-12-19-18(9-4-5-10-18)14-20(16)13-15-7-6-8-17(11-15)21-2/h6-8,11,16,19H,3-5,9-10,12-14H2,1-2H3. The van der Waals surface area contributed by atoms with E-state index in [1.165, 1.54) is 44.2 Å². The Bertz CT molecular complexity index is 468. The Hall–Kier alpha value is -1.06. The van der Waals surface area contributed by atoms with E-state index in [1.54, 1.807) is 7.11 Å². The largest absolute Gasteiger partial charge is 0.497 e. The molecule has 3 rings (SSSR count). The van der Waals surface area contributed by atoms with Gasteiger partial charge in [0.15, 0.2) is 0 Å². The van der Waals surface area contributed by atoms with Crippen LogP contribution in [0.2, 0.25) is 0 Å². The topological polar surface area (TPSA) is 24.5 Å². The van der Waals surface area contributed by atoms with Gasteiger partial charge < -0.3 is 10.1 Å². The van der Waals surface area contributed by atoms with E-state index in [2.05, 4.69) is 35.3 Å². The fourth-order valence-electron chi connectivity index (χ4n) is 4.02. The van der Waals surface area contributed by atoms with Crippen LogP contribution in [0, 0.1) is 0 Å². The van der Waals surface area contributed by atoms with Crippen LogP contribution in [0.4, 0.5) is 0 Å². The van der Waals surface area contributed by atoms with Gasteiger partial charge in [0, 0.05) is 31.2 Å². The minimum absolute atomic E-state index is 0.393. The first-order valence-electron chi connectivity index (χ1n) is 8.37. The van der Waals surface area contributed by atoms with Gasteiger partial charge in [-0.15, -0.1) is 0 Å². The van der Waals surface area contributed by atoms with Crippen molar-refractivity contribution in [3.05, 3.63) is 29.8 Å². The van der Waals surface area contributed by atoms with Gasteiger partial charge in [-0.05, 0) is 37.0 Å². The summed E-state index contributed by atoms with van der Waals surface area (Å²) in [7, 11) is 1.74. The van der Waals surface area contributed by atoms with Gasteiger partial charge in [0.25, 0.3) is 0 Å². The molecule has 1 aromatic rings. The van der Waals surface area contributed by atoms with E-state index < -0.39 is 0 Å². The van der Waals surface area contributed by atoms with Crippen LogP contribution in [-0.4, -0.2) is 36.7 Å². The molecular weight excluding hydrogens is 260 g/mol. The predicted octanol–water partition coefficient (Wildman–Crippen LogP) is 3.19. The summed E-state index contributed by atoms with van der Waals surface area (Å²) < 4.78 is 5.36. The highest BCUT2D eigenvalue weighted by molar-refractivity contribution is 5.28. The molecule has 21 heavy (non-hydrogen) atoms. The summed E-state index contributed by atoms with van der Waals surface area (Å²) in [4.78, 5) is 2.69. The smallest absolute Gasteiger partial charge is 0.119 e. The van der Waals surface area contributed by atoms with Crippen molar-refractivity contribution >= 4 is 0 Å². The summed E-state index contributed by atoms with van der Waals surface area (Å²) >= 11 is 0. The Morgan fingerprint density at radius 3 is 2.86 bits per heavy atom. The fourth-order valence-corrected chi connectivity index (χ4v) is 4.02. The van der Waals surface area contributed by atoms with Gasteiger partial charge in [-0.25, -0.2) is 0 Å². The summed E-state index contributed by atoms with van der Waals surface area (Å²) in [5.41, 5.74) is 1.76. The maximum Gasteiger partial charge on any atom is 0.119 e. The number of nitrogens with one attached hydrogen (secondary N) is 1. The molecule has 1 saturated carbocycles. The summed E-state index contributed by atoms with van der Waals surface area (Å²) in [6, 6.07) is 9.18. The van der Waals surface area contributed by atoms with Crippen molar-refractivity contribution in [2.24, 2.45) is 0 Å². The lowest BCUT2D eigenvalue weighted by Crippen LogP contribution is -2.62. The molecule has 0 amide bonds. The number of piperazine rings is 1. The summed E-state index contributed by atoms with van der Waals surface area (Å²) in [6.45, 7) is 5.68. The first kappa shape index (κ1) is 14.9. The highest BCUT2D eigenvalue weighted by atomic mass is 16.5. The van der Waals surface area contributed by atoms with Gasteiger partial charge in [-0.1, -0.05) is 31.9 Å². The van der Waals surface area contributed by atoms with Crippen LogP contribution in [0.15, 0.2) is 24.3 Å². The molecule has 2 fully saturated rings. The number of ether oxygens (including phenoxy) is 1. The van der Waals surface area contributed by atoms with Crippen molar-refractivity contribution in [1.82, 2.24) is 10.2 Å². The van der Waals surface area contributed by atoms with Gasteiger partial charge in [0.2, 0.25) is 0 Å². The number of benzene rings is 1. The molecular formula is C18H28N2O. The SMILES string of the molecule is CCC1CNC2(CCCC2)CN1Cc1cccc(OC)c1. The van der Waals surface area contributed by atoms with Crippen LogP contribution in [0.1, 0.15) is 44.6 Å². The van der Waals surface area contributed by atoms with Gasteiger partial charge in [0.05, 0.1) is 7.11 Å². The first-order chi connectivity index (χ1) is 10.2. The average Bonchev–Trinajstić information content (AvgIpc) is 2.96. The lowest BCUT2D eigenvalue weighted by molar-refractivity contribution is 0.0718. The summed E-state index contributed by atoms with van der Waals surface area (Å²) in [5, 5.41) is 3.87. The third-order valence-electron chi connectivity index (χ3n) is 5.29. The lowest BCUT2D eigenvalue weighted by Gasteiger charge is -2.46. The number of rotatable bonds is 4. The summed E-state index contributed by atoms with van der Waals surface area (Å²) in [5.74, 6) is 0.964. The van der Waals surface area contributed by atoms with Crippen LogP contribution in [0.5, 0.6) is 5.75 Å². The van der Waals surface area contributed by atoms with Gasteiger partial charge in [0.1, 0.15) is 5.75 Å². The number of nitrogens with zero attached hydrogens (tertiary/aromatic N) is 1. The molecule has 1 unspecified atom stereocenters. The molecule has 2 aliphatic rings. The second-order valence-corrected chi connectivity index (χ2v) is 6.69. The Morgan fingerprint density at radius 1 is 1.33 bits per heavy atom. The summed E-state index contributed by atoms with van der Waals surface area (Å²) in [6.07, 6.45) is 6.68. The zero-order valence-corrected chi connectivity index (χ0v) is 13.4. The van der Waals surface area contributed by atoms with Crippen LogP contribution >= 0.6 is 0 Å². The van der Waals surface area contributed by atoms with Crippen LogP contribution in [0.25, 0.3) is 0 Å². The van der Waals surface area contributed by atoms with E-state index >= 15 is 0 Å². The molecule has 1 heterocycles. The second kappa shape index (κ2) is 6.37. The molecule has 1 spiro atoms. The first-order valence-corrected chi connectivity index (χ1v) is 8.37. The van der Waals surface area contributed by atoms with E-state index in [0.29, 0.717) is 11.6 Å². The highest BCUT2D eigenvalue weighted by Crippen LogP contribution is 2.34. The van der Waals surface area contributed by atoms with Crippen molar-refractivity contribution in [3.8, 4) is 5.75 Å². The zero-order valence-electron chi connectivity index (χ0n) is 13.4. The minimum Gasteiger partial charge on any atom is -0.497 e. The maximum absolute atomic E-state index is 5.36. The van der Waals surface area contributed by atoms with Crippen molar-refractivity contribution in [2.45, 2.75) is 57.2 Å². The molecule has 1 aliphatic carbocycles. The molecule has 3 nitrogen and oxygen atoms in total. The molecule has 1 aromatic carbocycles. The Kier molecular flexibility index (Phi) is 4.51. The van der Waals surface area contributed by atoms with Crippen LogP contribution < -0.4 is 10.1 Å². The zero-order chi connectivity index (χ0) is 14.7. The minimum atomic E-state index is 0.393. The van der Waals surface area contributed by atoms with Crippen molar-refractivity contribution in [3.63, 3.8) is 0 Å². The molecule has 1 N–H and O–H groups in total. The molecule has 1 aliphatic heterocycles. The quantitative estimate of drug-likeness (QED) is 0.921. The van der Waals surface area contributed by atoms with Crippen molar-refractivity contribution in [2.75, 3.05) is 20.2 Å². The van der Waals surface area contributed by atoms with Crippen molar-refractivity contribution in [1.29, 1.82) is 0 Å². The van der Waals surface area contributed by atoms with Gasteiger partial charge >= 0.3 is 0 Å². The molecule has 3 heteroatoms. The van der Waals surface area contributed by atoms with Crippen LogP contribution in [-0.2, 0) is 6.54 Å². The molecule has 116 valence electrons. The molecule has 0 aromatic heterocycles. The van der Waals surface area contributed by atoms with E-state index in [-0.39, 0.29) is 0 Å². The maximum atomic E-state index is 5.36. The molecule has 1 atom stereocenters. The molecule has 0 radical (unpaired) electrons. The number of methoxy groups -OCH3 is 1. The van der Waals surface area contributed by atoms with E-state index in [0.717, 1.165) is 18.8 Å². The normalized spacial score (nSPS) is 25.3.